The van der Waals surface area contributed by atoms with E-state index in [0.29, 0.717) is 18.2 Å². The number of hydrogen-bond acceptors (Lipinski definition) is 7. The molecule has 1 heterocycles. The highest BCUT2D eigenvalue weighted by Crippen LogP contribution is 2.45. The van der Waals surface area contributed by atoms with Crippen molar-refractivity contribution < 1.29 is 22.7 Å². The van der Waals surface area contributed by atoms with Gasteiger partial charge in [-0.3, -0.25) is 4.79 Å². The number of alkyl halides is 3. The topological polar surface area (TPSA) is 92.8 Å². The van der Waals surface area contributed by atoms with Crippen LogP contribution in [-0.2, 0) is 22.7 Å². The minimum Gasteiger partial charge on any atom is -0.461 e. The quantitative estimate of drug-likeness (QED) is 0.177. The Kier molecular flexibility index (Phi) is 9.67. The minimum atomic E-state index is -4.75. The Morgan fingerprint density at radius 2 is 1.73 bits per heavy atom. The van der Waals surface area contributed by atoms with Crippen LogP contribution >= 0.6 is 0 Å². The molecule has 3 aromatic rings. The molecule has 0 spiro atoms. The van der Waals surface area contributed by atoms with E-state index >= 15 is 0 Å². The summed E-state index contributed by atoms with van der Waals surface area (Å²) in [7, 11) is 2.06. The Balaban J connectivity index is 1.20. The molecule has 0 bridgehead atoms. The van der Waals surface area contributed by atoms with Gasteiger partial charge in [0.05, 0.1) is 11.6 Å². The number of carbonyl (C=O) groups excluding carboxylic acids is 1. The van der Waals surface area contributed by atoms with Crippen LogP contribution in [-0.4, -0.2) is 34.8 Å². The third kappa shape index (κ3) is 7.67. The number of nitrogens with one attached hydrogen (secondary N) is 1. The van der Waals surface area contributed by atoms with Gasteiger partial charge in [0.1, 0.15) is 6.61 Å². The van der Waals surface area contributed by atoms with Gasteiger partial charge in [0.2, 0.25) is 0 Å². The van der Waals surface area contributed by atoms with E-state index in [9.17, 15) is 18.0 Å². The smallest absolute Gasteiger partial charge is 0.435 e. The van der Waals surface area contributed by atoms with Crippen molar-refractivity contribution in [2.24, 2.45) is 22.6 Å². The Morgan fingerprint density at radius 1 is 1.02 bits per heavy atom. The third-order valence-electron chi connectivity index (χ3n) is 8.03. The number of anilines is 1. The van der Waals surface area contributed by atoms with Gasteiger partial charge in [-0.25, -0.2) is 9.98 Å². The van der Waals surface area contributed by atoms with Crippen LogP contribution < -0.4 is 11.1 Å². The molecule has 0 atom stereocenters. The molecule has 0 amide bonds. The zero-order valence-corrected chi connectivity index (χ0v) is 24.6. The Labute approximate surface area is 255 Å². The van der Waals surface area contributed by atoms with Crippen LogP contribution in [0, 0.1) is 11.8 Å². The summed E-state index contributed by atoms with van der Waals surface area (Å²) in [5, 5.41) is 2.76. The first kappa shape index (κ1) is 30.8. The molecular weight excluding hydrogens is 567 g/mol. The van der Waals surface area contributed by atoms with Gasteiger partial charge >= 0.3 is 12.1 Å². The van der Waals surface area contributed by atoms with E-state index in [1.54, 1.807) is 24.3 Å². The number of benzene rings is 2. The van der Waals surface area contributed by atoms with E-state index < -0.39 is 11.9 Å². The molecule has 2 aliphatic rings. The summed E-state index contributed by atoms with van der Waals surface area (Å²) in [6.45, 7) is 0.921. The van der Waals surface area contributed by atoms with Gasteiger partial charge < -0.3 is 20.7 Å². The zero-order valence-electron chi connectivity index (χ0n) is 24.6. The van der Waals surface area contributed by atoms with Crippen molar-refractivity contribution in [1.29, 1.82) is 0 Å². The van der Waals surface area contributed by atoms with E-state index in [-0.39, 0.29) is 30.0 Å². The van der Waals surface area contributed by atoms with Gasteiger partial charge in [0, 0.05) is 43.3 Å². The fourth-order valence-electron chi connectivity index (χ4n) is 5.56. The summed E-state index contributed by atoms with van der Waals surface area (Å²) in [5.74, 6) is 0.00348. The molecule has 10 heteroatoms. The number of halogens is 3. The van der Waals surface area contributed by atoms with Gasteiger partial charge in [-0.05, 0) is 67.5 Å². The van der Waals surface area contributed by atoms with Crippen molar-refractivity contribution >= 4 is 23.2 Å². The summed E-state index contributed by atoms with van der Waals surface area (Å²) in [6.07, 6.45) is 2.34. The van der Waals surface area contributed by atoms with Crippen molar-refractivity contribution in [1.82, 2.24) is 9.88 Å². The van der Waals surface area contributed by atoms with Crippen molar-refractivity contribution in [3.8, 4) is 0 Å². The highest BCUT2D eigenvalue weighted by Gasteiger charge is 2.41. The van der Waals surface area contributed by atoms with Crippen LogP contribution in [0.4, 0.5) is 24.7 Å². The SMILES string of the molecule is CN(Cc1ccc(NC(=C/N)/C(=N/c2ccccn2)C(F)(F)F)cc1)C(=C1CCC1)C1CC(C(=O)OCc2ccccc2)C1. The largest absolute Gasteiger partial charge is 0.461 e. The van der Waals surface area contributed by atoms with Gasteiger partial charge in [-0.1, -0.05) is 54.1 Å². The van der Waals surface area contributed by atoms with Crippen molar-refractivity contribution in [3.05, 3.63) is 113 Å². The third-order valence-corrected chi connectivity index (χ3v) is 8.03. The van der Waals surface area contributed by atoms with Crippen LogP contribution in [0.1, 0.15) is 43.2 Å². The van der Waals surface area contributed by atoms with Gasteiger partial charge in [0.25, 0.3) is 0 Å². The molecular formula is C34H36F3N5O2. The summed E-state index contributed by atoms with van der Waals surface area (Å²) in [5.41, 5.74) is 9.24. The first-order valence-electron chi connectivity index (χ1n) is 14.7. The molecule has 5 rings (SSSR count). The molecule has 3 N–H and O–H groups in total. The second kappa shape index (κ2) is 13.8. The second-order valence-electron chi connectivity index (χ2n) is 11.2. The van der Waals surface area contributed by atoms with Crippen molar-refractivity contribution in [2.45, 2.75) is 51.4 Å². The van der Waals surface area contributed by atoms with Crippen molar-refractivity contribution in [3.63, 3.8) is 0 Å². The predicted molar refractivity (Wildman–Crippen MR) is 165 cm³/mol. The number of aromatic nitrogens is 1. The predicted octanol–water partition coefficient (Wildman–Crippen LogP) is 7.27. The molecule has 2 saturated carbocycles. The summed E-state index contributed by atoms with van der Waals surface area (Å²) >= 11 is 0. The minimum absolute atomic E-state index is 0.0717. The lowest BCUT2D eigenvalue weighted by Gasteiger charge is -2.42. The first-order valence-corrected chi connectivity index (χ1v) is 14.7. The average molecular weight is 604 g/mol. The normalized spacial score (nSPS) is 18.6. The maximum Gasteiger partial charge on any atom is 0.435 e. The van der Waals surface area contributed by atoms with E-state index in [4.69, 9.17) is 10.5 Å². The molecule has 7 nitrogen and oxygen atoms in total. The second-order valence-corrected chi connectivity index (χ2v) is 11.2. The molecule has 44 heavy (non-hydrogen) atoms. The Hall–Kier alpha value is -4.60. The number of nitrogens with zero attached hydrogens (tertiary/aromatic N) is 3. The van der Waals surface area contributed by atoms with Gasteiger partial charge in [-0.2, -0.15) is 13.2 Å². The number of nitrogens with two attached hydrogens (primary N) is 1. The first-order chi connectivity index (χ1) is 21.2. The van der Waals surface area contributed by atoms with Crippen LogP contribution in [0.3, 0.4) is 0 Å². The van der Waals surface area contributed by atoms with E-state index in [1.807, 2.05) is 42.5 Å². The fourth-order valence-corrected chi connectivity index (χ4v) is 5.56. The number of aliphatic imine (C=N–C) groups is 1. The van der Waals surface area contributed by atoms with Crippen LogP contribution in [0.15, 0.2) is 107 Å². The lowest BCUT2D eigenvalue weighted by molar-refractivity contribution is -0.154. The van der Waals surface area contributed by atoms with Crippen LogP contribution in [0.2, 0.25) is 0 Å². The zero-order chi connectivity index (χ0) is 31.1. The maximum atomic E-state index is 13.9. The summed E-state index contributed by atoms with van der Waals surface area (Å²) in [4.78, 5) is 22.5. The van der Waals surface area contributed by atoms with Gasteiger partial charge in [0.15, 0.2) is 11.5 Å². The molecule has 0 radical (unpaired) electrons. The van der Waals surface area contributed by atoms with E-state index in [0.717, 1.165) is 43.0 Å². The number of pyridine rings is 1. The molecule has 0 aliphatic heterocycles. The highest BCUT2D eigenvalue weighted by atomic mass is 19.4. The number of ether oxygens (including phenoxy) is 1. The van der Waals surface area contributed by atoms with E-state index in [2.05, 4.69) is 27.2 Å². The lowest BCUT2D eigenvalue weighted by atomic mass is 9.70. The number of allylic oxidation sites excluding steroid dienone is 3. The van der Waals surface area contributed by atoms with Crippen LogP contribution in [0.5, 0.6) is 0 Å². The molecule has 0 saturated heterocycles. The van der Waals surface area contributed by atoms with Crippen LogP contribution in [0.25, 0.3) is 0 Å². The summed E-state index contributed by atoms with van der Waals surface area (Å²) < 4.78 is 47.2. The molecule has 2 aromatic carbocycles. The monoisotopic (exact) mass is 603 g/mol. The maximum absolute atomic E-state index is 13.9. The average Bonchev–Trinajstić information content (AvgIpc) is 2.97. The number of hydrogen-bond donors (Lipinski definition) is 2. The van der Waals surface area contributed by atoms with E-state index in [1.165, 1.54) is 30.0 Å². The number of esters is 1. The molecule has 2 aliphatic carbocycles. The van der Waals surface area contributed by atoms with Gasteiger partial charge in [-0.15, -0.1) is 0 Å². The fraction of sp³-hybridized carbons (Fsp3) is 0.324. The molecule has 0 unspecified atom stereocenters. The molecule has 1 aromatic heterocycles. The highest BCUT2D eigenvalue weighted by molar-refractivity contribution is 6.07. The lowest BCUT2D eigenvalue weighted by Crippen LogP contribution is -2.38. The Morgan fingerprint density at radius 3 is 2.32 bits per heavy atom. The standard InChI is InChI=1S/C34H36F3N5O2/c1-42(31(25-10-7-11-25)26-18-27(19-26)33(43)44-22-24-8-3-2-4-9-24)21-23-13-15-28(16-14-23)40-29(20-38)32(34(35,36)37)41-30-12-5-6-17-39-30/h2-6,8-9,12-17,20,26-27,40H,7,10-11,18-19,21-22,38H2,1H3/b29-20+,41-32-. The van der Waals surface area contributed by atoms with Crippen molar-refractivity contribution in [2.75, 3.05) is 12.4 Å². The summed E-state index contributed by atoms with van der Waals surface area (Å²) in [6, 6.07) is 21.4. The molecule has 2 fully saturated rings. The number of rotatable bonds is 11. The Bertz CT molecular complexity index is 1510. The number of carbonyl (C=O) groups is 1. The molecule has 230 valence electrons.